The molecule has 0 aliphatic heterocycles. The molecular formula is C14H26N2O3S. The normalized spacial score (nSPS) is 20.4. The highest BCUT2D eigenvalue weighted by Gasteiger charge is 2.36. The molecule has 0 aromatic carbocycles. The van der Waals surface area contributed by atoms with E-state index >= 15 is 0 Å². The average molecular weight is 302 g/mol. The molecule has 1 fully saturated rings. The van der Waals surface area contributed by atoms with Gasteiger partial charge in [-0.15, -0.1) is 0 Å². The predicted octanol–water partition coefficient (Wildman–Crippen LogP) is 1.04. The van der Waals surface area contributed by atoms with Crippen LogP contribution in [0.3, 0.4) is 0 Å². The maximum Gasteiger partial charge on any atom is 0.227 e. The Morgan fingerprint density at radius 3 is 2.40 bits per heavy atom. The summed E-state index contributed by atoms with van der Waals surface area (Å²) in [5.74, 6) is 0.363. The number of hydrogen-bond acceptors (Lipinski definition) is 4. The highest BCUT2D eigenvalue weighted by Crippen LogP contribution is 2.39. The molecular weight excluding hydrogens is 276 g/mol. The van der Waals surface area contributed by atoms with Gasteiger partial charge in [0.15, 0.2) is 0 Å². The Hall–Kier alpha value is -0.750. The summed E-state index contributed by atoms with van der Waals surface area (Å²) in [6, 6.07) is 0. The van der Waals surface area contributed by atoms with Crippen molar-refractivity contribution in [3.05, 3.63) is 0 Å². The van der Waals surface area contributed by atoms with E-state index in [2.05, 4.69) is 19.2 Å². The van der Waals surface area contributed by atoms with Crippen LogP contribution < -0.4 is 11.1 Å². The van der Waals surface area contributed by atoms with Crippen LogP contribution in [0, 0.1) is 5.41 Å². The van der Waals surface area contributed by atoms with Gasteiger partial charge in [0, 0.05) is 18.7 Å². The number of nitrogens with two attached hydrogens (primary N) is 1. The molecule has 0 saturated heterocycles. The van der Waals surface area contributed by atoms with Crippen LogP contribution in [0.15, 0.2) is 0 Å². The van der Waals surface area contributed by atoms with E-state index in [4.69, 9.17) is 5.73 Å². The minimum Gasteiger partial charge on any atom is -0.388 e. The van der Waals surface area contributed by atoms with E-state index in [0.29, 0.717) is 24.1 Å². The maximum absolute atomic E-state index is 11.6. The first kappa shape index (κ1) is 17.3. The molecule has 5 nitrogen and oxygen atoms in total. The van der Waals surface area contributed by atoms with Crippen LogP contribution in [0.25, 0.3) is 0 Å². The van der Waals surface area contributed by atoms with Gasteiger partial charge in [-0.1, -0.05) is 13.8 Å². The molecule has 0 atom stereocenters. The van der Waals surface area contributed by atoms with Crippen molar-refractivity contribution in [2.24, 2.45) is 11.1 Å². The lowest BCUT2D eigenvalue weighted by molar-refractivity contribution is -0.122. The zero-order valence-electron chi connectivity index (χ0n) is 12.4. The highest BCUT2D eigenvalue weighted by molar-refractivity contribution is 7.99. The fourth-order valence-corrected chi connectivity index (χ4v) is 2.93. The van der Waals surface area contributed by atoms with Crippen molar-refractivity contribution in [2.45, 2.75) is 51.6 Å². The number of nitrogens with one attached hydrogen (secondary N) is 1. The van der Waals surface area contributed by atoms with Crippen LogP contribution in [-0.4, -0.2) is 40.6 Å². The second kappa shape index (κ2) is 7.31. The number of rotatable bonds is 7. The van der Waals surface area contributed by atoms with Gasteiger partial charge in [0.1, 0.15) is 0 Å². The van der Waals surface area contributed by atoms with Crippen LogP contribution in [0.1, 0.15) is 46.0 Å². The molecule has 0 aromatic rings. The van der Waals surface area contributed by atoms with Crippen LogP contribution in [-0.2, 0) is 9.59 Å². The molecule has 1 saturated carbocycles. The first-order valence-corrected chi connectivity index (χ1v) is 8.23. The van der Waals surface area contributed by atoms with Crippen LogP contribution >= 0.6 is 11.8 Å². The van der Waals surface area contributed by atoms with Crippen molar-refractivity contribution in [3.63, 3.8) is 0 Å². The lowest BCUT2D eigenvalue weighted by atomic mass is 9.71. The van der Waals surface area contributed by atoms with E-state index in [-0.39, 0.29) is 17.6 Å². The lowest BCUT2D eigenvalue weighted by Gasteiger charge is -2.40. The zero-order valence-corrected chi connectivity index (χ0v) is 13.2. The predicted molar refractivity (Wildman–Crippen MR) is 81.3 cm³/mol. The Balaban J connectivity index is 2.19. The third-order valence-corrected chi connectivity index (χ3v) is 4.85. The Bertz CT molecular complexity index is 348. The van der Waals surface area contributed by atoms with Crippen molar-refractivity contribution < 1.29 is 14.7 Å². The van der Waals surface area contributed by atoms with E-state index < -0.39 is 5.60 Å². The van der Waals surface area contributed by atoms with Crippen LogP contribution in [0.2, 0.25) is 0 Å². The van der Waals surface area contributed by atoms with Gasteiger partial charge in [0.25, 0.3) is 0 Å². The fraction of sp³-hybridized carbons (Fsp3) is 0.857. The minimum absolute atomic E-state index is 0.0831. The Labute approximate surface area is 125 Å². The summed E-state index contributed by atoms with van der Waals surface area (Å²) >= 11 is 1.35. The first-order chi connectivity index (χ1) is 9.22. The quantitative estimate of drug-likeness (QED) is 0.613. The first-order valence-electron chi connectivity index (χ1n) is 7.08. The Morgan fingerprint density at radius 1 is 1.25 bits per heavy atom. The topological polar surface area (TPSA) is 92.4 Å². The van der Waals surface area contributed by atoms with Crippen molar-refractivity contribution in [3.8, 4) is 0 Å². The van der Waals surface area contributed by atoms with Gasteiger partial charge in [0.2, 0.25) is 11.8 Å². The molecule has 0 spiro atoms. The summed E-state index contributed by atoms with van der Waals surface area (Å²) in [6.45, 7) is 4.74. The van der Waals surface area contributed by atoms with Crippen molar-refractivity contribution in [1.82, 2.24) is 5.32 Å². The molecule has 1 aliphatic rings. The molecule has 6 heteroatoms. The van der Waals surface area contributed by atoms with Gasteiger partial charge in [-0.25, -0.2) is 0 Å². The summed E-state index contributed by atoms with van der Waals surface area (Å²) < 4.78 is 0. The van der Waals surface area contributed by atoms with Crippen LogP contribution in [0.4, 0.5) is 0 Å². The van der Waals surface area contributed by atoms with Crippen molar-refractivity contribution in [1.29, 1.82) is 0 Å². The fourth-order valence-electron chi connectivity index (χ4n) is 2.26. The third kappa shape index (κ3) is 6.61. The van der Waals surface area contributed by atoms with Crippen molar-refractivity contribution >= 4 is 23.6 Å². The summed E-state index contributed by atoms with van der Waals surface area (Å²) in [7, 11) is 0. The number of primary amides is 1. The smallest absolute Gasteiger partial charge is 0.227 e. The highest BCUT2D eigenvalue weighted by atomic mass is 32.2. The summed E-state index contributed by atoms with van der Waals surface area (Å²) in [5, 5.41) is 13.2. The number of aliphatic hydroxyl groups is 1. The standard InChI is InChI=1S/C14H26N2O3S/c1-13(2)4-6-14(19,7-5-13)10-16-12(18)3-8-20-9-11(15)17/h19H,3-10H2,1-2H3,(H2,15,17)(H,16,18). The van der Waals surface area contributed by atoms with Gasteiger partial charge in [-0.05, 0) is 31.1 Å². The molecule has 0 heterocycles. The van der Waals surface area contributed by atoms with E-state index in [0.717, 1.165) is 25.7 Å². The van der Waals surface area contributed by atoms with Gasteiger partial charge < -0.3 is 16.2 Å². The number of thioether (sulfide) groups is 1. The molecule has 4 N–H and O–H groups in total. The van der Waals surface area contributed by atoms with Gasteiger partial charge >= 0.3 is 0 Å². The van der Waals surface area contributed by atoms with Gasteiger partial charge in [-0.3, -0.25) is 9.59 Å². The molecule has 2 amide bonds. The number of amides is 2. The number of carbonyl (C=O) groups excluding carboxylic acids is 2. The SMILES string of the molecule is CC1(C)CCC(O)(CNC(=O)CCSCC(N)=O)CC1. The Morgan fingerprint density at radius 2 is 1.85 bits per heavy atom. The summed E-state index contributed by atoms with van der Waals surface area (Å²) in [5.41, 5.74) is 4.55. The maximum atomic E-state index is 11.6. The molecule has 0 radical (unpaired) electrons. The lowest BCUT2D eigenvalue weighted by Crippen LogP contribution is -2.46. The largest absolute Gasteiger partial charge is 0.388 e. The van der Waals surface area contributed by atoms with E-state index in [1.165, 1.54) is 11.8 Å². The molecule has 0 aromatic heterocycles. The summed E-state index contributed by atoms with van der Waals surface area (Å²) in [4.78, 5) is 22.2. The monoisotopic (exact) mass is 302 g/mol. The molecule has 20 heavy (non-hydrogen) atoms. The third-order valence-electron chi connectivity index (χ3n) is 3.87. The second-order valence-corrected chi connectivity index (χ2v) is 7.54. The molecule has 0 bridgehead atoms. The Kier molecular flexibility index (Phi) is 6.33. The number of hydrogen-bond donors (Lipinski definition) is 3. The number of carbonyl (C=O) groups is 2. The molecule has 0 unspecified atom stereocenters. The van der Waals surface area contributed by atoms with Crippen LogP contribution in [0.5, 0.6) is 0 Å². The average Bonchev–Trinajstić information content (AvgIpc) is 2.36. The van der Waals surface area contributed by atoms with Crippen molar-refractivity contribution in [2.75, 3.05) is 18.1 Å². The molecule has 1 aliphatic carbocycles. The van der Waals surface area contributed by atoms with E-state index in [9.17, 15) is 14.7 Å². The molecule has 116 valence electrons. The van der Waals surface area contributed by atoms with E-state index in [1.54, 1.807) is 0 Å². The summed E-state index contributed by atoms with van der Waals surface area (Å²) in [6.07, 6.45) is 3.77. The molecule has 1 rings (SSSR count). The van der Waals surface area contributed by atoms with Gasteiger partial charge in [0.05, 0.1) is 11.4 Å². The van der Waals surface area contributed by atoms with E-state index in [1.807, 2.05) is 0 Å². The second-order valence-electron chi connectivity index (χ2n) is 6.43. The minimum atomic E-state index is -0.758. The zero-order chi connectivity index (χ0) is 15.2. The van der Waals surface area contributed by atoms with Gasteiger partial charge in [-0.2, -0.15) is 11.8 Å².